The quantitative estimate of drug-likeness (QED) is 0.122. The third-order valence-corrected chi connectivity index (χ3v) is 6.26. The standard InChI is InChI=1S/C32H30FN3O2/c1-22(24-5-3-2-4-6-24)35-28-14-16-30(17-15-28)38-32-18-7-23(20-31(37)25-8-9-25)19-26(32)21-34-36-29-12-10-27(33)11-13-29/h2-7,10-19,34-37H,1,8-9,20-21H2. The van der Waals surface area contributed by atoms with E-state index in [0.717, 1.165) is 52.2 Å². The van der Waals surface area contributed by atoms with Crippen LogP contribution in [0.1, 0.15) is 29.5 Å². The molecule has 0 heterocycles. The van der Waals surface area contributed by atoms with Gasteiger partial charge in [-0.1, -0.05) is 49.0 Å². The maximum Gasteiger partial charge on any atom is 0.132 e. The molecule has 192 valence electrons. The lowest BCUT2D eigenvalue weighted by Crippen LogP contribution is -2.21. The molecule has 0 amide bonds. The third-order valence-electron chi connectivity index (χ3n) is 6.26. The lowest BCUT2D eigenvalue weighted by atomic mass is 10.1. The van der Waals surface area contributed by atoms with E-state index in [1.54, 1.807) is 12.1 Å². The Hall–Kier alpha value is -4.55. The smallest absolute Gasteiger partial charge is 0.132 e. The summed E-state index contributed by atoms with van der Waals surface area (Å²) in [6, 6.07) is 29.8. The average Bonchev–Trinajstić information content (AvgIpc) is 3.79. The third kappa shape index (κ3) is 6.81. The molecule has 0 aromatic heterocycles. The van der Waals surface area contributed by atoms with Crippen molar-refractivity contribution in [3.63, 3.8) is 0 Å². The molecule has 4 aromatic carbocycles. The molecule has 5 nitrogen and oxygen atoms in total. The van der Waals surface area contributed by atoms with Crippen LogP contribution in [0.5, 0.6) is 11.5 Å². The van der Waals surface area contributed by atoms with Crippen LogP contribution in [0.3, 0.4) is 0 Å². The molecule has 4 aromatic rings. The molecular formula is C32H30FN3O2. The summed E-state index contributed by atoms with van der Waals surface area (Å²) in [4.78, 5) is 0. The molecule has 1 aliphatic carbocycles. The summed E-state index contributed by atoms with van der Waals surface area (Å²) in [6.07, 6.45) is 2.46. The number of benzene rings is 4. The molecule has 1 saturated carbocycles. The van der Waals surface area contributed by atoms with Crippen LogP contribution in [0.25, 0.3) is 5.70 Å². The summed E-state index contributed by atoms with van der Waals surface area (Å²) >= 11 is 0. The van der Waals surface area contributed by atoms with Crippen LogP contribution in [-0.2, 0) is 13.0 Å². The Bertz CT molecular complexity index is 1430. The molecule has 0 radical (unpaired) electrons. The van der Waals surface area contributed by atoms with E-state index in [1.807, 2.05) is 72.8 Å². The number of hydrogen-bond acceptors (Lipinski definition) is 5. The van der Waals surface area contributed by atoms with Crippen molar-refractivity contribution in [3.05, 3.63) is 137 Å². The van der Waals surface area contributed by atoms with Gasteiger partial charge in [0.25, 0.3) is 0 Å². The molecule has 0 saturated heterocycles. The number of anilines is 2. The number of ether oxygens (including phenoxy) is 1. The number of allylic oxidation sites excluding steroid dienone is 2. The number of aliphatic hydroxyl groups is 1. The zero-order valence-corrected chi connectivity index (χ0v) is 21.0. The molecular weight excluding hydrogens is 477 g/mol. The lowest BCUT2D eigenvalue weighted by molar-refractivity contribution is 0.395. The fraction of sp³-hybridized carbons (Fsp3) is 0.125. The van der Waals surface area contributed by atoms with Gasteiger partial charge in [-0.15, -0.1) is 0 Å². The van der Waals surface area contributed by atoms with E-state index in [4.69, 9.17) is 4.74 Å². The Morgan fingerprint density at radius 3 is 2.29 bits per heavy atom. The summed E-state index contributed by atoms with van der Waals surface area (Å²) in [7, 11) is 0. The van der Waals surface area contributed by atoms with Gasteiger partial charge in [0.05, 0.1) is 5.76 Å². The minimum atomic E-state index is -0.283. The fourth-order valence-electron chi connectivity index (χ4n) is 4.04. The highest BCUT2D eigenvalue weighted by Gasteiger charge is 2.18. The molecule has 0 bridgehead atoms. The van der Waals surface area contributed by atoms with Crippen molar-refractivity contribution in [1.82, 2.24) is 5.43 Å². The van der Waals surface area contributed by atoms with E-state index in [9.17, 15) is 9.50 Å². The normalized spacial score (nSPS) is 12.1. The maximum atomic E-state index is 13.2. The van der Waals surface area contributed by atoms with Crippen LogP contribution in [0, 0.1) is 5.82 Å². The summed E-state index contributed by atoms with van der Waals surface area (Å²) < 4.78 is 19.5. The van der Waals surface area contributed by atoms with Crippen molar-refractivity contribution >= 4 is 17.1 Å². The highest BCUT2D eigenvalue weighted by molar-refractivity contribution is 5.75. The van der Waals surface area contributed by atoms with Gasteiger partial charge in [-0.2, -0.15) is 0 Å². The van der Waals surface area contributed by atoms with Crippen molar-refractivity contribution in [2.24, 2.45) is 0 Å². The van der Waals surface area contributed by atoms with Crippen molar-refractivity contribution in [2.45, 2.75) is 25.8 Å². The molecule has 1 aliphatic rings. The predicted molar refractivity (Wildman–Crippen MR) is 152 cm³/mol. The highest BCUT2D eigenvalue weighted by atomic mass is 19.1. The monoisotopic (exact) mass is 507 g/mol. The van der Waals surface area contributed by atoms with E-state index in [1.165, 1.54) is 12.1 Å². The zero-order valence-electron chi connectivity index (χ0n) is 21.0. The second-order valence-electron chi connectivity index (χ2n) is 9.25. The number of halogens is 1. The van der Waals surface area contributed by atoms with Crippen molar-refractivity contribution in [3.8, 4) is 11.5 Å². The van der Waals surface area contributed by atoms with Crippen LogP contribution in [-0.4, -0.2) is 5.11 Å². The van der Waals surface area contributed by atoms with Gasteiger partial charge in [-0.05, 0) is 84.1 Å². The Morgan fingerprint density at radius 2 is 1.58 bits per heavy atom. The Balaban J connectivity index is 1.28. The van der Waals surface area contributed by atoms with Crippen LogP contribution in [0.4, 0.5) is 15.8 Å². The molecule has 5 rings (SSSR count). The number of rotatable bonds is 11. The zero-order chi connectivity index (χ0) is 26.3. The Morgan fingerprint density at radius 1 is 0.868 bits per heavy atom. The largest absolute Gasteiger partial charge is 0.512 e. The fourth-order valence-corrected chi connectivity index (χ4v) is 4.04. The second kappa shape index (κ2) is 11.7. The molecule has 0 atom stereocenters. The molecule has 38 heavy (non-hydrogen) atoms. The van der Waals surface area contributed by atoms with Gasteiger partial charge in [-0.25, -0.2) is 9.82 Å². The lowest BCUT2D eigenvalue weighted by Gasteiger charge is -2.15. The topological polar surface area (TPSA) is 65.5 Å². The van der Waals surface area contributed by atoms with E-state index in [2.05, 4.69) is 22.7 Å². The van der Waals surface area contributed by atoms with Gasteiger partial charge < -0.3 is 20.6 Å². The number of hydrogen-bond donors (Lipinski definition) is 4. The average molecular weight is 508 g/mol. The number of hydrazine groups is 1. The Kier molecular flexibility index (Phi) is 7.71. The summed E-state index contributed by atoms with van der Waals surface area (Å²) in [5, 5.41) is 13.7. The number of nitrogens with one attached hydrogen (secondary N) is 3. The first-order valence-corrected chi connectivity index (χ1v) is 12.6. The van der Waals surface area contributed by atoms with E-state index >= 15 is 0 Å². The van der Waals surface area contributed by atoms with E-state index in [0.29, 0.717) is 30.2 Å². The van der Waals surface area contributed by atoms with Gasteiger partial charge >= 0.3 is 0 Å². The first-order chi connectivity index (χ1) is 18.5. The summed E-state index contributed by atoms with van der Waals surface area (Å²) in [5.74, 6) is 1.58. The minimum absolute atomic E-state index is 0.283. The van der Waals surface area contributed by atoms with Gasteiger partial charge in [0.1, 0.15) is 17.3 Å². The van der Waals surface area contributed by atoms with E-state index < -0.39 is 0 Å². The first kappa shape index (κ1) is 25.1. The van der Waals surface area contributed by atoms with Crippen molar-refractivity contribution in [2.75, 3.05) is 10.7 Å². The van der Waals surface area contributed by atoms with Gasteiger partial charge in [0.2, 0.25) is 0 Å². The summed E-state index contributed by atoms with van der Waals surface area (Å²) in [6.45, 7) is 4.58. The van der Waals surface area contributed by atoms with E-state index in [-0.39, 0.29) is 5.82 Å². The molecule has 4 N–H and O–H groups in total. The molecule has 0 aliphatic heterocycles. The summed E-state index contributed by atoms with van der Waals surface area (Å²) in [5.41, 5.74) is 12.8. The van der Waals surface area contributed by atoms with Gasteiger partial charge in [0.15, 0.2) is 0 Å². The maximum absolute atomic E-state index is 13.2. The first-order valence-electron chi connectivity index (χ1n) is 12.6. The molecule has 1 fully saturated rings. The van der Waals surface area contributed by atoms with Crippen LogP contribution in [0.15, 0.2) is 115 Å². The highest BCUT2D eigenvalue weighted by Crippen LogP contribution is 2.33. The second-order valence-corrected chi connectivity index (χ2v) is 9.25. The minimum Gasteiger partial charge on any atom is -0.512 e. The van der Waals surface area contributed by atoms with Gasteiger partial charge in [-0.3, -0.25) is 0 Å². The Labute approximate surface area is 222 Å². The number of aliphatic hydroxyl groups excluding tert-OH is 1. The SMILES string of the molecule is C=C(Nc1ccc(Oc2ccc(CC(O)=C3CC3)cc2CNNc2ccc(F)cc2)cc1)c1ccccc1. The molecule has 6 heteroatoms. The van der Waals surface area contributed by atoms with Crippen LogP contribution < -0.4 is 20.9 Å². The van der Waals surface area contributed by atoms with Crippen LogP contribution in [0.2, 0.25) is 0 Å². The van der Waals surface area contributed by atoms with Crippen molar-refractivity contribution in [1.29, 1.82) is 0 Å². The van der Waals surface area contributed by atoms with Crippen LogP contribution >= 0.6 is 0 Å². The van der Waals surface area contributed by atoms with Gasteiger partial charge in [0, 0.05) is 35.6 Å². The predicted octanol–water partition coefficient (Wildman–Crippen LogP) is 7.97. The molecule has 0 spiro atoms. The van der Waals surface area contributed by atoms with Crippen molar-refractivity contribution < 1.29 is 14.2 Å². The molecule has 0 unspecified atom stereocenters.